The second-order valence-electron chi connectivity index (χ2n) is 10.7. The lowest BCUT2D eigenvalue weighted by atomic mass is 9.39. The number of nitrogens with zero attached hydrogens (tertiary/aromatic N) is 1. The molecule has 6 nitrogen and oxygen atoms in total. The second-order valence-corrected chi connectivity index (χ2v) is 12.5. The Balaban J connectivity index is 1.64. The molecule has 0 amide bonds. The van der Waals surface area contributed by atoms with Crippen molar-refractivity contribution in [2.45, 2.75) is 69.4 Å². The van der Waals surface area contributed by atoms with Gasteiger partial charge >= 0.3 is 7.12 Å². The Morgan fingerprint density at radius 3 is 2.15 bits per heavy atom. The summed E-state index contributed by atoms with van der Waals surface area (Å²) in [6.45, 7) is 11.8. The smallest absolute Gasteiger partial charge is 0.403 e. The highest BCUT2D eigenvalue weighted by atomic mass is 32.2. The maximum Gasteiger partial charge on any atom is 0.470 e. The minimum absolute atomic E-state index is 0.150. The summed E-state index contributed by atoms with van der Waals surface area (Å²) < 4.78 is 41.1. The van der Waals surface area contributed by atoms with Crippen molar-refractivity contribution in [3.05, 3.63) is 65.9 Å². The van der Waals surface area contributed by atoms with Crippen molar-refractivity contribution < 1.29 is 22.5 Å². The van der Waals surface area contributed by atoms with E-state index in [2.05, 4.69) is 0 Å². The van der Waals surface area contributed by atoms with Gasteiger partial charge in [0.25, 0.3) is 10.0 Å². The largest absolute Gasteiger partial charge is 0.470 e. The molecule has 178 valence electrons. The van der Waals surface area contributed by atoms with Crippen molar-refractivity contribution in [1.82, 2.24) is 3.97 Å². The van der Waals surface area contributed by atoms with Crippen LogP contribution in [0.2, 0.25) is 0 Å². The molecule has 2 fully saturated rings. The molecule has 0 spiro atoms. The Morgan fingerprint density at radius 1 is 0.971 bits per heavy atom. The Labute approximate surface area is 201 Å². The van der Waals surface area contributed by atoms with E-state index in [1.54, 1.807) is 36.5 Å². The summed E-state index contributed by atoms with van der Waals surface area (Å²) in [5.74, 6) is -0.158. The number of benzene rings is 2. The van der Waals surface area contributed by atoms with Gasteiger partial charge < -0.3 is 9.31 Å². The predicted molar refractivity (Wildman–Crippen MR) is 132 cm³/mol. The summed E-state index contributed by atoms with van der Waals surface area (Å²) >= 11 is 0. The van der Waals surface area contributed by atoms with Gasteiger partial charge in [-0.3, -0.25) is 4.79 Å². The van der Waals surface area contributed by atoms with Gasteiger partial charge in [-0.15, -0.1) is 0 Å². The van der Waals surface area contributed by atoms with Crippen LogP contribution in [0.5, 0.6) is 0 Å². The molecule has 34 heavy (non-hydrogen) atoms. The predicted octanol–water partition coefficient (Wildman–Crippen LogP) is 4.66. The minimum atomic E-state index is -3.78. The van der Waals surface area contributed by atoms with Gasteiger partial charge in [-0.2, -0.15) is 0 Å². The first kappa shape index (κ1) is 23.3. The van der Waals surface area contributed by atoms with E-state index in [4.69, 9.17) is 9.31 Å². The van der Waals surface area contributed by atoms with Crippen molar-refractivity contribution in [1.29, 1.82) is 0 Å². The van der Waals surface area contributed by atoms with Crippen LogP contribution in [0.1, 0.15) is 52.2 Å². The molecule has 8 heteroatoms. The van der Waals surface area contributed by atoms with Gasteiger partial charge in [0.15, 0.2) is 0 Å². The molecule has 1 saturated carbocycles. The van der Waals surface area contributed by atoms with Crippen molar-refractivity contribution in [3.63, 3.8) is 0 Å². The summed E-state index contributed by atoms with van der Waals surface area (Å²) in [6, 6.07) is 14.4. The summed E-state index contributed by atoms with van der Waals surface area (Å²) in [5, 5.41) is 0.126. The fraction of sp³-hybridized carbons (Fsp3) is 0.423. The number of fused-ring (bicyclic) bond motifs is 1. The summed E-state index contributed by atoms with van der Waals surface area (Å²) in [6.07, 6.45) is 1.88. The van der Waals surface area contributed by atoms with Crippen LogP contribution in [-0.2, 0) is 29.4 Å². The molecule has 0 unspecified atom stereocenters. The van der Waals surface area contributed by atoms with E-state index in [0.717, 1.165) is 16.5 Å². The number of Topliss-reactive ketones (excluding diaryl/α,β-unsaturated/α-hetero) is 1. The summed E-state index contributed by atoms with van der Waals surface area (Å²) in [7, 11) is -4.39. The second kappa shape index (κ2) is 7.29. The highest BCUT2D eigenvalue weighted by Gasteiger charge is 2.67. The van der Waals surface area contributed by atoms with Crippen molar-refractivity contribution in [3.8, 4) is 0 Å². The molecule has 0 radical (unpaired) electrons. The van der Waals surface area contributed by atoms with Crippen LogP contribution in [0, 0.1) is 12.8 Å². The zero-order chi connectivity index (χ0) is 24.7. The van der Waals surface area contributed by atoms with Crippen LogP contribution in [0.4, 0.5) is 0 Å². The number of aryl methyl sites for hydroxylation is 1. The zero-order valence-electron chi connectivity index (χ0n) is 20.5. The van der Waals surface area contributed by atoms with Crippen molar-refractivity contribution in [2.75, 3.05) is 0 Å². The molecule has 0 N–H and O–H groups in total. The lowest BCUT2D eigenvalue weighted by molar-refractivity contribution is -0.133. The van der Waals surface area contributed by atoms with Gasteiger partial charge in [-0.05, 0) is 64.4 Å². The number of carbonyl (C=O) groups excluding carboxylic acids is 1. The van der Waals surface area contributed by atoms with Gasteiger partial charge in [0.05, 0.1) is 21.6 Å². The van der Waals surface area contributed by atoms with Crippen LogP contribution in [0.3, 0.4) is 0 Å². The number of ketones is 1. The molecule has 2 atom stereocenters. The van der Waals surface area contributed by atoms with Crippen LogP contribution < -0.4 is 0 Å². The SMILES string of the molecule is Cc1ccc(S(=O)(=O)n2ccc3ccc([C@]4(B5OC(C)(C)C(C)(C)O5)CC(=O)[C@H]4C)cc32)cc1. The molecule has 1 aliphatic carbocycles. The normalized spacial score (nSPS) is 26.1. The third-order valence-electron chi connectivity index (χ3n) is 8.17. The molecule has 2 aromatic carbocycles. The van der Waals surface area contributed by atoms with Crippen LogP contribution >= 0.6 is 0 Å². The highest BCUT2D eigenvalue weighted by molar-refractivity contribution is 7.90. The van der Waals surface area contributed by atoms with E-state index >= 15 is 0 Å². The maximum absolute atomic E-state index is 13.5. The molecule has 1 saturated heterocycles. The van der Waals surface area contributed by atoms with Gasteiger partial charge in [0, 0.05) is 29.2 Å². The van der Waals surface area contributed by atoms with Crippen molar-refractivity contribution >= 4 is 33.8 Å². The molecule has 2 heterocycles. The number of aromatic nitrogens is 1. The Hall–Kier alpha value is -2.42. The Bertz CT molecular complexity index is 1390. The third-order valence-corrected chi connectivity index (χ3v) is 9.87. The topological polar surface area (TPSA) is 74.6 Å². The Kier molecular flexibility index (Phi) is 5.00. The summed E-state index contributed by atoms with van der Waals surface area (Å²) in [5.41, 5.74) is 1.33. The van der Waals surface area contributed by atoms with Crippen LogP contribution in [0.25, 0.3) is 10.9 Å². The molecular formula is C26H30BNO5S. The van der Waals surface area contributed by atoms with E-state index in [9.17, 15) is 13.2 Å². The molecule has 2 aliphatic rings. The zero-order valence-corrected chi connectivity index (χ0v) is 21.3. The van der Waals surface area contributed by atoms with Crippen LogP contribution in [-0.4, -0.2) is 36.5 Å². The number of hydrogen-bond acceptors (Lipinski definition) is 5. The minimum Gasteiger partial charge on any atom is -0.403 e. The molecule has 5 rings (SSSR count). The monoisotopic (exact) mass is 479 g/mol. The van der Waals surface area contributed by atoms with E-state index in [0.29, 0.717) is 11.9 Å². The number of carbonyl (C=O) groups is 1. The number of rotatable bonds is 4. The maximum atomic E-state index is 13.5. The van der Waals surface area contributed by atoms with Crippen molar-refractivity contribution in [2.24, 2.45) is 5.92 Å². The first-order valence-corrected chi connectivity index (χ1v) is 13.1. The highest BCUT2D eigenvalue weighted by Crippen LogP contribution is 2.54. The van der Waals surface area contributed by atoms with E-state index < -0.39 is 33.7 Å². The van der Waals surface area contributed by atoms with Gasteiger partial charge in [-0.1, -0.05) is 36.8 Å². The lowest BCUT2D eigenvalue weighted by Gasteiger charge is -2.47. The third kappa shape index (κ3) is 3.15. The molecule has 1 aromatic heterocycles. The molecule has 1 aliphatic heterocycles. The van der Waals surface area contributed by atoms with E-state index in [1.165, 1.54) is 3.97 Å². The number of hydrogen-bond donors (Lipinski definition) is 0. The fourth-order valence-corrected chi connectivity index (χ4v) is 6.35. The lowest BCUT2D eigenvalue weighted by Crippen LogP contribution is -2.61. The molecule has 0 bridgehead atoms. The fourth-order valence-electron chi connectivity index (χ4n) is 5.01. The van der Waals surface area contributed by atoms with Crippen LogP contribution in [0.15, 0.2) is 59.6 Å². The molecular weight excluding hydrogens is 449 g/mol. The molecule has 3 aromatic rings. The summed E-state index contributed by atoms with van der Waals surface area (Å²) in [4.78, 5) is 12.8. The first-order valence-electron chi connectivity index (χ1n) is 11.6. The van der Waals surface area contributed by atoms with E-state index in [1.807, 2.05) is 59.7 Å². The average molecular weight is 479 g/mol. The standard InChI is InChI=1S/C26H30BNO5S/c1-17-7-11-21(12-8-17)34(30,31)28-14-13-19-9-10-20(15-22(19)28)26(16-23(29)18(26)2)27-32-24(3,4)25(5,6)33-27/h7-15,18H,16H2,1-6H3/t18-,26+/m1/s1. The van der Waals surface area contributed by atoms with E-state index in [-0.39, 0.29) is 16.6 Å². The van der Waals surface area contributed by atoms with Gasteiger partial charge in [-0.25, -0.2) is 12.4 Å². The van der Waals surface area contributed by atoms with Gasteiger partial charge in [0.1, 0.15) is 5.78 Å². The quantitative estimate of drug-likeness (QED) is 0.509. The average Bonchev–Trinajstić information content (AvgIpc) is 3.29. The Morgan fingerprint density at radius 2 is 1.59 bits per heavy atom. The first-order chi connectivity index (χ1) is 15.8. The van der Waals surface area contributed by atoms with Gasteiger partial charge in [0.2, 0.25) is 0 Å².